The molecule has 2 heterocycles. The fourth-order valence-corrected chi connectivity index (χ4v) is 3.28. The van der Waals surface area contributed by atoms with Crippen molar-refractivity contribution in [2.75, 3.05) is 11.4 Å². The Kier molecular flexibility index (Phi) is 5.31. The molecule has 2 aromatic carbocycles. The van der Waals surface area contributed by atoms with Gasteiger partial charge in [-0.3, -0.25) is 4.79 Å². The topological polar surface area (TPSA) is 68.5 Å². The molecule has 3 aromatic rings. The van der Waals surface area contributed by atoms with Crippen LogP contribution in [0.5, 0.6) is 5.75 Å². The maximum Gasteiger partial charge on any atom is 0.573 e. The fraction of sp³-hybridized carbons (Fsp3) is 0.250. The van der Waals surface area contributed by atoms with Gasteiger partial charge in [-0.05, 0) is 48.5 Å². The minimum Gasteiger partial charge on any atom is -0.406 e. The van der Waals surface area contributed by atoms with E-state index in [4.69, 9.17) is 4.52 Å². The van der Waals surface area contributed by atoms with Crippen molar-refractivity contribution in [3.8, 4) is 17.1 Å². The van der Waals surface area contributed by atoms with Gasteiger partial charge in [-0.15, -0.1) is 13.2 Å². The third-order valence-corrected chi connectivity index (χ3v) is 4.77. The third-order valence-electron chi connectivity index (χ3n) is 4.77. The first kappa shape index (κ1) is 21.7. The molecule has 0 radical (unpaired) electrons. The van der Waals surface area contributed by atoms with E-state index >= 15 is 0 Å². The summed E-state index contributed by atoms with van der Waals surface area (Å²) in [5.74, 6) is -0.960. The molecule has 0 saturated carbocycles. The Morgan fingerprint density at radius 3 is 2.22 bits per heavy atom. The van der Waals surface area contributed by atoms with Crippen LogP contribution >= 0.6 is 0 Å². The number of aromatic nitrogens is 2. The van der Waals surface area contributed by atoms with E-state index in [2.05, 4.69) is 14.9 Å². The zero-order valence-electron chi connectivity index (χ0n) is 15.9. The van der Waals surface area contributed by atoms with Crippen LogP contribution in [0.2, 0.25) is 0 Å². The summed E-state index contributed by atoms with van der Waals surface area (Å²) >= 11 is 0. The van der Waals surface area contributed by atoms with Gasteiger partial charge in [0, 0.05) is 24.2 Å². The summed E-state index contributed by atoms with van der Waals surface area (Å²) in [5.41, 5.74) is -0.137. The molecule has 0 spiro atoms. The fourth-order valence-electron chi connectivity index (χ4n) is 3.28. The number of alkyl halides is 6. The van der Waals surface area contributed by atoms with Gasteiger partial charge < -0.3 is 14.2 Å². The lowest BCUT2D eigenvalue weighted by atomic mass is 10.1. The van der Waals surface area contributed by atoms with Crippen LogP contribution < -0.4 is 9.64 Å². The molecule has 1 aliphatic heterocycles. The Hall–Kier alpha value is -3.57. The molecule has 1 amide bonds. The first-order chi connectivity index (χ1) is 15.0. The summed E-state index contributed by atoms with van der Waals surface area (Å²) in [6, 6.07) is 9.07. The van der Waals surface area contributed by atoms with Gasteiger partial charge >= 0.3 is 12.5 Å². The van der Waals surface area contributed by atoms with Gasteiger partial charge in [-0.1, -0.05) is 5.16 Å². The summed E-state index contributed by atoms with van der Waals surface area (Å²) < 4.78 is 84.0. The van der Waals surface area contributed by atoms with Crippen LogP contribution in [-0.4, -0.2) is 29.0 Å². The smallest absolute Gasteiger partial charge is 0.406 e. The minimum absolute atomic E-state index is 0.0149. The van der Waals surface area contributed by atoms with Gasteiger partial charge in [0.05, 0.1) is 11.5 Å². The van der Waals surface area contributed by atoms with Gasteiger partial charge in [0.25, 0.3) is 0 Å². The number of hydrogen-bond acceptors (Lipinski definition) is 5. The zero-order valence-corrected chi connectivity index (χ0v) is 15.9. The molecule has 6 nitrogen and oxygen atoms in total. The SMILES string of the molecule is O=C1CC(c2nc(-c3ccc(OC(F)(F)F)cc3)no2)CN1c1ccc(C(F)(F)F)cc1. The highest BCUT2D eigenvalue weighted by molar-refractivity contribution is 5.96. The zero-order chi connectivity index (χ0) is 23.1. The number of nitrogens with zero attached hydrogens (tertiary/aromatic N) is 3. The second kappa shape index (κ2) is 7.84. The van der Waals surface area contributed by atoms with Crippen molar-refractivity contribution in [2.45, 2.75) is 24.9 Å². The van der Waals surface area contributed by atoms with Crippen molar-refractivity contribution >= 4 is 11.6 Å². The molecule has 4 rings (SSSR count). The maximum absolute atomic E-state index is 12.7. The van der Waals surface area contributed by atoms with Crippen LogP contribution in [-0.2, 0) is 11.0 Å². The van der Waals surface area contributed by atoms with Crippen molar-refractivity contribution in [3.63, 3.8) is 0 Å². The van der Waals surface area contributed by atoms with Crippen LogP contribution in [0.25, 0.3) is 11.4 Å². The molecule has 1 aliphatic rings. The Bertz CT molecular complexity index is 1110. The van der Waals surface area contributed by atoms with E-state index in [1.165, 1.54) is 29.2 Å². The van der Waals surface area contributed by atoms with Gasteiger partial charge in [-0.2, -0.15) is 18.2 Å². The molecular formula is C20H13F6N3O3. The van der Waals surface area contributed by atoms with Crippen molar-refractivity contribution in [2.24, 2.45) is 0 Å². The van der Waals surface area contributed by atoms with Crippen LogP contribution in [0.4, 0.5) is 32.0 Å². The Labute approximate surface area is 176 Å². The molecule has 1 atom stereocenters. The highest BCUT2D eigenvalue weighted by atomic mass is 19.4. The van der Waals surface area contributed by atoms with Crippen LogP contribution in [0.3, 0.4) is 0 Å². The van der Waals surface area contributed by atoms with Crippen molar-refractivity contribution in [3.05, 3.63) is 60.0 Å². The second-order valence-corrected chi connectivity index (χ2v) is 6.98. The molecule has 12 heteroatoms. The molecule has 1 saturated heterocycles. The van der Waals surface area contributed by atoms with Crippen molar-refractivity contribution in [1.29, 1.82) is 0 Å². The van der Waals surface area contributed by atoms with E-state index in [1.807, 2.05) is 0 Å². The summed E-state index contributed by atoms with van der Waals surface area (Å²) in [6.07, 6.45) is -9.27. The Balaban J connectivity index is 1.46. The average molecular weight is 457 g/mol. The normalized spacial score (nSPS) is 17.1. The van der Waals surface area contributed by atoms with Gasteiger partial charge in [0.1, 0.15) is 5.75 Å². The molecule has 1 fully saturated rings. The highest BCUT2D eigenvalue weighted by Gasteiger charge is 2.36. The lowest BCUT2D eigenvalue weighted by molar-refractivity contribution is -0.274. The summed E-state index contributed by atoms with van der Waals surface area (Å²) in [7, 11) is 0. The summed E-state index contributed by atoms with van der Waals surface area (Å²) in [5, 5.41) is 3.79. The quantitative estimate of drug-likeness (QED) is 0.506. The highest BCUT2D eigenvalue weighted by Crippen LogP contribution is 2.35. The van der Waals surface area contributed by atoms with E-state index in [0.717, 1.165) is 24.3 Å². The number of rotatable bonds is 4. The van der Waals surface area contributed by atoms with E-state index in [-0.39, 0.29) is 30.6 Å². The van der Waals surface area contributed by atoms with Gasteiger partial charge in [0.15, 0.2) is 0 Å². The third kappa shape index (κ3) is 4.68. The maximum atomic E-state index is 12.7. The number of halogens is 6. The standard InChI is InChI=1S/C20H13F6N3O3/c21-19(22,23)13-3-5-14(6-4-13)29-10-12(9-16(29)30)18-27-17(28-32-18)11-1-7-15(8-2-11)31-20(24,25)26/h1-8,12H,9-10H2. The molecule has 0 bridgehead atoms. The van der Waals surface area contributed by atoms with Gasteiger partial charge in [-0.25, -0.2) is 0 Å². The average Bonchev–Trinajstić information content (AvgIpc) is 3.34. The number of hydrogen-bond donors (Lipinski definition) is 0. The second-order valence-electron chi connectivity index (χ2n) is 6.98. The molecule has 32 heavy (non-hydrogen) atoms. The molecule has 1 unspecified atom stereocenters. The van der Waals surface area contributed by atoms with Crippen molar-refractivity contribution < 1.29 is 40.4 Å². The number of carbonyl (C=O) groups is 1. The Morgan fingerprint density at radius 1 is 0.969 bits per heavy atom. The number of carbonyl (C=O) groups excluding carboxylic acids is 1. The lowest BCUT2D eigenvalue weighted by Crippen LogP contribution is -2.24. The first-order valence-corrected chi connectivity index (χ1v) is 9.17. The number of ether oxygens (including phenoxy) is 1. The molecule has 168 valence electrons. The summed E-state index contributed by atoms with van der Waals surface area (Å²) in [6.45, 7) is 0.129. The Morgan fingerprint density at radius 2 is 1.62 bits per heavy atom. The van der Waals surface area contributed by atoms with E-state index in [9.17, 15) is 31.1 Å². The number of anilines is 1. The predicted octanol–water partition coefficient (Wildman–Crippen LogP) is 5.17. The molecule has 0 N–H and O–H groups in total. The monoisotopic (exact) mass is 457 g/mol. The van der Waals surface area contributed by atoms with Gasteiger partial charge in [0.2, 0.25) is 17.6 Å². The largest absolute Gasteiger partial charge is 0.573 e. The first-order valence-electron chi connectivity index (χ1n) is 9.17. The van der Waals surface area contributed by atoms with E-state index in [0.29, 0.717) is 11.3 Å². The van der Waals surface area contributed by atoms with E-state index in [1.54, 1.807) is 0 Å². The summed E-state index contributed by atoms with van der Waals surface area (Å²) in [4.78, 5) is 17.9. The molecule has 0 aliphatic carbocycles. The molecular weight excluding hydrogens is 444 g/mol. The van der Waals surface area contributed by atoms with E-state index < -0.39 is 29.8 Å². The van der Waals surface area contributed by atoms with Crippen LogP contribution in [0, 0.1) is 0 Å². The molecule has 1 aromatic heterocycles. The lowest BCUT2D eigenvalue weighted by Gasteiger charge is -2.17. The van der Waals surface area contributed by atoms with Crippen LogP contribution in [0.1, 0.15) is 23.8 Å². The predicted molar refractivity (Wildman–Crippen MR) is 97.6 cm³/mol. The number of benzene rings is 2. The number of amides is 1. The minimum atomic E-state index is -4.81. The van der Waals surface area contributed by atoms with Crippen LogP contribution in [0.15, 0.2) is 53.1 Å². The van der Waals surface area contributed by atoms with Crippen molar-refractivity contribution in [1.82, 2.24) is 10.1 Å².